The summed E-state index contributed by atoms with van der Waals surface area (Å²) in [6.45, 7) is 1.09. The van der Waals surface area contributed by atoms with Crippen molar-refractivity contribution in [3.63, 3.8) is 0 Å². The first-order valence-electron chi connectivity index (χ1n) is 6.22. The molecule has 110 valence electrons. The molecule has 20 heavy (non-hydrogen) atoms. The van der Waals surface area contributed by atoms with E-state index in [2.05, 4.69) is 4.72 Å². The van der Waals surface area contributed by atoms with Crippen LogP contribution in [-0.4, -0.2) is 38.9 Å². The van der Waals surface area contributed by atoms with Crippen LogP contribution >= 0.6 is 11.6 Å². The molecule has 0 radical (unpaired) electrons. The number of carbonyl (C=O) groups is 1. The zero-order valence-corrected chi connectivity index (χ0v) is 12.4. The number of nitrogen functional groups attached to an aromatic ring is 1. The minimum Gasteiger partial charge on any atom is -0.399 e. The maximum absolute atomic E-state index is 12.1. The van der Waals surface area contributed by atoms with Gasteiger partial charge < -0.3 is 10.6 Å². The molecule has 1 aliphatic heterocycles. The number of halogens is 1. The summed E-state index contributed by atoms with van der Waals surface area (Å²) >= 11 is 5.85. The van der Waals surface area contributed by atoms with Crippen molar-refractivity contribution in [1.29, 1.82) is 0 Å². The third-order valence-corrected chi connectivity index (χ3v) is 5.00. The lowest BCUT2D eigenvalue weighted by Crippen LogP contribution is -2.38. The van der Waals surface area contributed by atoms with Crippen molar-refractivity contribution in [2.45, 2.75) is 17.7 Å². The van der Waals surface area contributed by atoms with Crippen LogP contribution in [0.2, 0.25) is 5.02 Å². The van der Waals surface area contributed by atoms with Crippen LogP contribution in [-0.2, 0) is 14.8 Å². The fraction of sp³-hybridized carbons (Fsp3) is 0.417. The lowest BCUT2D eigenvalue weighted by Gasteiger charge is -2.15. The number of nitrogens with one attached hydrogen (secondary N) is 1. The van der Waals surface area contributed by atoms with Crippen molar-refractivity contribution in [3.05, 3.63) is 23.2 Å². The Morgan fingerprint density at radius 2 is 2.00 bits per heavy atom. The van der Waals surface area contributed by atoms with Crippen LogP contribution in [0, 0.1) is 0 Å². The molecule has 0 spiro atoms. The van der Waals surface area contributed by atoms with E-state index in [9.17, 15) is 13.2 Å². The van der Waals surface area contributed by atoms with Crippen LogP contribution in [0.15, 0.2) is 23.1 Å². The number of anilines is 1. The number of amides is 1. The number of carbonyl (C=O) groups excluding carboxylic acids is 1. The third-order valence-electron chi connectivity index (χ3n) is 3.12. The highest BCUT2D eigenvalue weighted by Gasteiger charge is 2.22. The molecule has 1 heterocycles. The molecule has 6 nitrogen and oxygen atoms in total. The molecular weight excluding hydrogens is 302 g/mol. The number of rotatable bonds is 4. The van der Waals surface area contributed by atoms with Gasteiger partial charge >= 0.3 is 0 Å². The zero-order valence-electron chi connectivity index (χ0n) is 10.8. The van der Waals surface area contributed by atoms with E-state index in [1.165, 1.54) is 18.2 Å². The Bertz CT molecular complexity index is 612. The SMILES string of the molecule is Nc1ccc(Cl)c(S(=O)(=O)NCC(=O)N2CCCC2)c1. The largest absolute Gasteiger partial charge is 0.399 e. The van der Waals surface area contributed by atoms with Crippen LogP contribution in [0.1, 0.15) is 12.8 Å². The van der Waals surface area contributed by atoms with Gasteiger partial charge in [0.05, 0.1) is 11.6 Å². The molecule has 1 aliphatic rings. The van der Waals surface area contributed by atoms with E-state index >= 15 is 0 Å². The number of nitrogens with two attached hydrogens (primary N) is 1. The van der Waals surface area contributed by atoms with Crippen molar-refractivity contribution < 1.29 is 13.2 Å². The van der Waals surface area contributed by atoms with E-state index < -0.39 is 10.0 Å². The number of benzene rings is 1. The fourth-order valence-electron chi connectivity index (χ4n) is 2.04. The number of likely N-dealkylation sites (tertiary alicyclic amines) is 1. The highest BCUT2D eigenvalue weighted by molar-refractivity contribution is 7.89. The van der Waals surface area contributed by atoms with Crippen LogP contribution < -0.4 is 10.5 Å². The molecule has 0 atom stereocenters. The smallest absolute Gasteiger partial charge is 0.242 e. The maximum atomic E-state index is 12.1. The summed E-state index contributed by atoms with van der Waals surface area (Å²) in [7, 11) is -3.85. The molecule has 3 N–H and O–H groups in total. The van der Waals surface area contributed by atoms with Gasteiger partial charge in [-0.25, -0.2) is 13.1 Å². The fourth-order valence-corrected chi connectivity index (χ4v) is 3.55. The van der Waals surface area contributed by atoms with Gasteiger partial charge in [0.2, 0.25) is 15.9 Å². The van der Waals surface area contributed by atoms with Crippen LogP contribution in [0.25, 0.3) is 0 Å². The van der Waals surface area contributed by atoms with Crippen molar-refractivity contribution in [2.75, 3.05) is 25.4 Å². The highest BCUT2D eigenvalue weighted by atomic mass is 35.5. The molecule has 1 aromatic rings. The van der Waals surface area contributed by atoms with Gasteiger partial charge in [-0.05, 0) is 31.0 Å². The topological polar surface area (TPSA) is 92.5 Å². The molecular formula is C12H16ClN3O3S. The van der Waals surface area contributed by atoms with Crippen LogP contribution in [0.5, 0.6) is 0 Å². The first kappa shape index (κ1) is 15.1. The van der Waals surface area contributed by atoms with Gasteiger partial charge in [0, 0.05) is 18.8 Å². The predicted octanol–water partition coefficient (Wildman–Crippen LogP) is 0.823. The molecule has 1 fully saturated rings. The molecule has 1 saturated heterocycles. The lowest BCUT2D eigenvalue weighted by atomic mass is 10.3. The summed E-state index contributed by atoms with van der Waals surface area (Å²) in [4.78, 5) is 13.3. The monoisotopic (exact) mass is 317 g/mol. The summed E-state index contributed by atoms with van der Waals surface area (Å²) in [6.07, 6.45) is 1.92. The van der Waals surface area contributed by atoms with Gasteiger partial charge in [0.25, 0.3) is 0 Å². The quantitative estimate of drug-likeness (QED) is 0.804. The Morgan fingerprint density at radius 1 is 1.35 bits per heavy atom. The molecule has 0 aromatic heterocycles. The molecule has 0 unspecified atom stereocenters. The maximum Gasteiger partial charge on any atom is 0.242 e. The van der Waals surface area contributed by atoms with Gasteiger partial charge in [-0.1, -0.05) is 11.6 Å². The van der Waals surface area contributed by atoms with Crippen molar-refractivity contribution >= 4 is 33.2 Å². The lowest BCUT2D eigenvalue weighted by molar-refractivity contribution is -0.128. The summed E-state index contributed by atoms with van der Waals surface area (Å²) < 4.78 is 26.5. The normalized spacial score (nSPS) is 15.6. The van der Waals surface area contributed by atoms with Crippen molar-refractivity contribution in [3.8, 4) is 0 Å². The van der Waals surface area contributed by atoms with Gasteiger partial charge in [-0.15, -0.1) is 0 Å². The van der Waals surface area contributed by atoms with Gasteiger partial charge in [-0.3, -0.25) is 4.79 Å². The minimum atomic E-state index is -3.85. The zero-order chi connectivity index (χ0) is 14.8. The van der Waals surface area contributed by atoms with E-state index in [1.807, 2.05) is 0 Å². The molecule has 8 heteroatoms. The Balaban J connectivity index is 2.07. The Labute approximate surface area is 122 Å². The first-order valence-corrected chi connectivity index (χ1v) is 8.09. The van der Waals surface area contributed by atoms with Gasteiger partial charge in [0.1, 0.15) is 4.90 Å². The van der Waals surface area contributed by atoms with E-state index in [0.717, 1.165) is 12.8 Å². The average Bonchev–Trinajstić information content (AvgIpc) is 2.93. The summed E-state index contributed by atoms with van der Waals surface area (Å²) in [5.74, 6) is -0.230. The minimum absolute atomic E-state index is 0.0697. The molecule has 0 saturated carbocycles. The Kier molecular flexibility index (Phi) is 4.52. The molecule has 1 amide bonds. The van der Waals surface area contributed by atoms with Gasteiger partial charge in [0.15, 0.2) is 0 Å². The first-order chi connectivity index (χ1) is 9.40. The standard InChI is InChI=1S/C12H16ClN3O3S/c13-10-4-3-9(14)7-11(10)20(18,19)15-8-12(17)16-5-1-2-6-16/h3-4,7,15H,1-2,5-6,8,14H2. The van der Waals surface area contributed by atoms with E-state index in [0.29, 0.717) is 18.8 Å². The Hall–Kier alpha value is -1.31. The number of hydrogen-bond acceptors (Lipinski definition) is 4. The second-order valence-electron chi connectivity index (χ2n) is 4.60. The molecule has 0 bridgehead atoms. The molecule has 0 aliphatic carbocycles. The number of sulfonamides is 1. The highest BCUT2D eigenvalue weighted by Crippen LogP contribution is 2.23. The van der Waals surface area contributed by atoms with E-state index in [1.54, 1.807) is 4.90 Å². The van der Waals surface area contributed by atoms with Crippen LogP contribution in [0.3, 0.4) is 0 Å². The van der Waals surface area contributed by atoms with Crippen molar-refractivity contribution in [1.82, 2.24) is 9.62 Å². The molecule has 2 rings (SSSR count). The summed E-state index contributed by atoms with van der Waals surface area (Å²) in [5.41, 5.74) is 5.85. The summed E-state index contributed by atoms with van der Waals surface area (Å²) in [5, 5.41) is 0.0697. The Morgan fingerprint density at radius 3 is 2.65 bits per heavy atom. The summed E-state index contributed by atoms with van der Waals surface area (Å²) in [6, 6.07) is 4.19. The predicted molar refractivity (Wildman–Crippen MR) is 76.9 cm³/mol. The second kappa shape index (κ2) is 5.99. The van der Waals surface area contributed by atoms with Gasteiger partial charge in [-0.2, -0.15) is 0 Å². The van der Waals surface area contributed by atoms with Crippen LogP contribution in [0.4, 0.5) is 5.69 Å². The number of hydrogen-bond donors (Lipinski definition) is 2. The van der Waals surface area contributed by atoms with Crippen molar-refractivity contribution in [2.24, 2.45) is 0 Å². The third kappa shape index (κ3) is 3.41. The average molecular weight is 318 g/mol. The number of nitrogens with zero attached hydrogens (tertiary/aromatic N) is 1. The second-order valence-corrected chi connectivity index (χ2v) is 6.74. The van der Waals surface area contributed by atoms with E-state index in [4.69, 9.17) is 17.3 Å². The molecule has 1 aromatic carbocycles. The van der Waals surface area contributed by atoms with E-state index in [-0.39, 0.29) is 22.4 Å².